The molecule has 2 heterocycles. The van der Waals surface area contributed by atoms with E-state index in [4.69, 9.17) is 11.6 Å². The van der Waals surface area contributed by atoms with Crippen LogP contribution in [-0.4, -0.2) is 17.4 Å². The first-order valence-electron chi connectivity index (χ1n) is 6.09. The van der Waals surface area contributed by atoms with E-state index in [1.54, 1.807) is 18.2 Å². The number of thiazole rings is 1. The van der Waals surface area contributed by atoms with Gasteiger partial charge in [0, 0.05) is 34.4 Å². The standard InChI is InChI=1S/C13H11BrClN3OS/c14-8-5-7(1-2-9(8)15)12(19)18-13-17-10-3-4-16-6-11(10)20-13/h1-2,5,16H,3-4,6H2,(H,17,18,19). The van der Waals surface area contributed by atoms with Crippen molar-refractivity contribution in [1.29, 1.82) is 0 Å². The SMILES string of the molecule is O=C(Nc1nc2c(s1)CNCC2)c1ccc(Cl)c(Br)c1. The molecule has 2 N–H and O–H groups in total. The van der Waals surface area contributed by atoms with E-state index in [2.05, 4.69) is 31.5 Å². The van der Waals surface area contributed by atoms with Crippen molar-refractivity contribution in [1.82, 2.24) is 10.3 Å². The fourth-order valence-corrected chi connectivity index (χ4v) is 3.45. The van der Waals surface area contributed by atoms with Gasteiger partial charge in [-0.25, -0.2) is 4.98 Å². The van der Waals surface area contributed by atoms with E-state index in [0.29, 0.717) is 20.2 Å². The van der Waals surface area contributed by atoms with Crippen molar-refractivity contribution < 1.29 is 4.79 Å². The number of benzene rings is 1. The van der Waals surface area contributed by atoms with Crippen LogP contribution in [0.3, 0.4) is 0 Å². The lowest BCUT2D eigenvalue weighted by atomic mass is 10.2. The molecule has 0 fully saturated rings. The van der Waals surface area contributed by atoms with Crippen LogP contribution in [0, 0.1) is 0 Å². The second-order valence-electron chi connectivity index (χ2n) is 4.40. The molecule has 1 aliphatic heterocycles. The van der Waals surface area contributed by atoms with Crippen LogP contribution in [0.1, 0.15) is 20.9 Å². The molecule has 0 saturated heterocycles. The Bertz CT molecular complexity index is 650. The largest absolute Gasteiger partial charge is 0.311 e. The Hall–Kier alpha value is -0.950. The predicted molar refractivity (Wildman–Crippen MR) is 84.6 cm³/mol. The molecule has 4 nitrogen and oxygen atoms in total. The summed E-state index contributed by atoms with van der Waals surface area (Å²) < 4.78 is 0.703. The number of hydrogen-bond donors (Lipinski definition) is 2. The molecule has 0 aliphatic carbocycles. The van der Waals surface area contributed by atoms with Crippen LogP contribution in [0.5, 0.6) is 0 Å². The smallest absolute Gasteiger partial charge is 0.257 e. The molecule has 2 aromatic rings. The van der Waals surface area contributed by atoms with E-state index in [0.717, 1.165) is 25.2 Å². The maximum absolute atomic E-state index is 12.2. The molecule has 0 radical (unpaired) electrons. The monoisotopic (exact) mass is 371 g/mol. The Balaban J connectivity index is 1.78. The Kier molecular flexibility index (Phi) is 4.07. The van der Waals surface area contributed by atoms with Gasteiger partial charge in [-0.1, -0.05) is 11.6 Å². The summed E-state index contributed by atoms with van der Waals surface area (Å²) in [6, 6.07) is 5.08. The molecule has 0 spiro atoms. The molecule has 0 atom stereocenters. The van der Waals surface area contributed by atoms with Crippen molar-refractivity contribution in [2.45, 2.75) is 13.0 Å². The van der Waals surface area contributed by atoms with Crippen LogP contribution in [0.15, 0.2) is 22.7 Å². The van der Waals surface area contributed by atoms with Gasteiger partial charge in [0.2, 0.25) is 0 Å². The minimum absolute atomic E-state index is 0.179. The minimum atomic E-state index is -0.179. The maximum Gasteiger partial charge on any atom is 0.257 e. The number of fused-ring (bicyclic) bond motifs is 1. The predicted octanol–water partition coefficient (Wildman–Crippen LogP) is 3.46. The second kappa shape index (κ2) is 5.81. The molecule has 7 heteroatoms. The number of halogens is 2. The van der Waals surface area contributed by atoms with E-state index in [1.807, 2.05) is 0 Å². The topological polar surface area (TPSA) is 54.0 Å². The van der Waals surface area contributed by atoms with Gasteiger partial charge in [0.25, 0.3) is 5.91 Å². The average molecular weight is 373 g/mol. The summed E-state index contributed by atoms with van der Waals surface area (Å²) in [4.78, 5) is 17.8. The number of carbonyl (C=O) groups excluding carboxylic acids is 1. The zero-order valence-corrected chi connectivity index (χ0v) is 13.5. The quantitative estimate of drug-likeness (QED) is 0.849. The molecule has 0 bridgehead atoms. The van der Waals surface area contributed by atoms with Crippen molar-refractivity contribution in [2.24, 2.45) is 0 Å². The van der Waals surface area contributed by atoms with Crippen LogP contribution in [0.4, 0.5) is 5.13 Å². The van der Waals surface area contributed by atoms with Crippen molar-refractivity contribution in [3.63, 3.8) is 0 Å². The summed E-state index contributed by atoms with van der Waals surface area (Å²) in [5.41, 5.74) is 1.63. The number of nitrogens with zero attached hydrogens (tertiary/aromatic N) is 1. The first kappa shape index (κ1) is 14.0. The molecular weight excluding hydrogens is 362 g/mol. The lowest BCUT2D eigenvalue weighted by Crippen LogP contribution is -2.22. The van der Waals surface area contributed by atoms with Gasteiger partial charge in [-0.15, -0.1) is 11.3 Å². The zero-order valence-electron chi connectivity index (χ0n) is 10.4. The van der Waals surface area contributed by atoms with Gasteiger partial charge in [-0.3, -0.25) is 10.1 Å². The Morgan fingerprint density at radius 1 is 1.50 bits per heavy atom. The van der Waals surface area contributed by atoms with Crippen LogP contribution in [0.2, 0.25) is 5.02 Å². The lowest BCUT2D eigenvalue weighted by Gasteiger charge is -2.09. The summed E-state index contributed by atoms with van der Waals surface area (Å²) in [5, 5.41) is 7.36. The van der Waals surface area contributed by atoms with E-state index in [1.165, 1.54) is 16.2 Å². The Labute approximate surface area is 133 Å². The number of rotatable bonds is 2. The highest BCUT2D eigenvalue weighted by Crippen LogP contribution is 2.27. The number of anilines is 1. The lowest BCUT2D eigenvalue weighted by molar-refractivity contribution is 0.102. The molecule has 1 amide bonds. The first-order valence-corrected chi connectivity index (χ1v) is 8.08. The summed E-state index contributed by atoms with van der Waals surface area (Å²) in [6.45, 7) is 1.77. The fourth-order valence-electron chi connectivity index (χ4n) is 1.99. The summed E-state index contributed by atoms with van der Waals surface area (Å²) in [5.74, 6) is -0.179. The highest BCUT2D eigenvalue weighted by atomic mass is 79.9. The van der Waals surface area contributed by atoms with Gasteiger partial charge in [0.1, 0.15) is 0 Å². The number of aromatic nitrogens is 1. The number of amides is 1. The van der Waals surface area contributed by atoms with Gasteiger partial charge in [-0.2, -0.15) is 0 Å². The highest BCUT2D eigenvalue weighted by molar-refractivity contribution is 9.10. The van der Waals surface area contributed by atoms with Crippen molar-refractivity contribution in [2.75, 3.05) is 11.9 Å². The van der Waals surface area contributed by atoms with E-state index in [9.17, 15) is 4.79 Å². The third-order valence-corrected chi connectivity index (χ3v) is 5.23. The third-order valence-electron chi connectivity index (χ3n) is 3.00. The molecule has 20 heavy (non-hydrogen) atoms. The van der Waals surface area contributed by atoms with Gasteiger partial charge in [-0.05, 0) is 34.1 Å². The summed E-state index contributed by atoms with van der Waals surface area (Å²) in [6.07, 6.45) is 0.911. The molecule has 0 unspecified atom stereocenters. The third kappa shape index (κ3) is 2.88. The van der Waals surface area contributed by atoms with Crippen LogP contribution in [0.25, 0.3) is 0 Å². The van der Waals surface area contributed by atoms with Gasteiger partial charge in [0.05, 0.1) is 10.7 Å². The van der Waals surface area contributed by atoms with Gasteiger partial charge < -0.3 is 5.32 Å². The molecule has 0 saturated carbocycles. The van der Waals surface area contributed by atoms with Crippen LogP contribution < -0.4 is 10.6 Å². The van der Waals surface area contributed by atoms with Crippen LogP contribution in [-0.2, 0) is 13.0 Å². The zero-order chi connectivity index (χ0) is 14.1. The highest BCUT2D eigenvalue weighted by Gasteiger charge is 2.16. The van der Waals surface area contributed by atoms with Crippen molar-refractivity contribution in [3.8, 4) is 0 Å². The Morgan fingerprint density at radius 3 is 3.10 bits per heavy atom. The second-order valence-corrected chi connectivity index (χ2v) is 6.74. The van der Waals surface area contributed by atoms with Crippen molar-refractivity contribution in [3.05, 3.63) is 43.8 Å². The Morgan fingerprint density at radius 2 is 2.35 bits per heavy atom. The van der Waals surface area contributed by atoms with Crippen molar-refractivity contribution >= 4 is 49.9 Å². The summed E-state index contributed by atoms with van der Waals surface area (Å²) >= 11 is 10.8. The van der Waals surface area contributed by atoms with E-state index in [-0.39, 0.29) is 5.91 Å². The molecule has 3 rings (SSSR count). The summed E-state index contributed by atoms with van der Waals surface area (Å²) in [7, 11) is 0. The van der Waals surface area contributed by atoms with Gasteiger partial charge >= 0.3 is 0 Å². The molecule has 104 valence electrons. The number of nitrogens with one attached hydrogen (secondary N) is 2. The number of carbonyl (C=O) groups is 1. The fraction of sp³-hybridized carbons (Fsp3) is 0.231. The first-order chi connectivity index (χ1) is 9.63. The van der Waals surface area contributed by atoms with E-state index >= 15 is 0 Å². The molecule has 1 aromatic carbocycles. The normalized spacial score (nSPS) is 13.9. The molecular formula is C13H11BrClN3OS. The maximum atomic E-state index is 12.2. The average Bonchev–Trinajstić information content (AvgIpc) is 2.83. The number of hydrogen-bond acceptors (Lipinski definition) is 4. The minimum Gasteiger partial charge on any atom is -0.311 e. The molecule has 1 aliphatic rings. The van der Waals surface area contributed by atoms with E-state index < -0.39 is 0 Å². The molecule has 1 aromatic heterocycles. The van der Waals surface area contributed by atoms with Crippen LogP contribution >= 0.6 is 38.9 Å². The van der Waals surface area contributed by atoms with Gasteiger partial charge in [0.15, 0.2) is 5.13 Å².